The molecule has 0 radical (unpaired) electrons. The van der Waals surface area contributed by atoms with Gasteiger partial charge in [-0.1, -0.05) is 67.1 Å². The van der Waals surface area contributed by atoms with E-state index in [2.05, 4.69) is 0 Å². The van der Waals surface area contributed by atoms with Crippen molar-refractivity contribution in [3.8, 4) is 0 Å². The molecule has 0 aliphatic rings. The van der Waals surface area contributed by atoms with E-state index >= 15 is 0 Å². The third-order valence-corrected chi connectivity index (χ3v) is 4.31. The summed E-state index contributed by atoms with van der Waals surface area (Å²) in [6, 6.07) is 16.5. The molecule has 0 heterocycles. The zero-order chi connectivity index (χ0) is 15.5. The Morgan fingerprint density at radius 1 is 1.14 bits per heavy atom. The average molecular weight is 303 g/mol. The van der Waals surface area contributed by atoms with Gasteiger partial charge in [0.25, 0.3) is 0 Å². The normalized spacial score (nSPS) is 15.2. The van der Waals surface area contributed by atoms with E-state index in [4.69, 9.17) is 23.1 Å². The minimum Gasteiger partial charge on any atom is -0.368 e. The molecule has 0 saturated heterocycles. The smallest absolute Gasteiger partial charge is 0.235 e. The molecule has 0 saturated carbocycles. The fraction of sp³-hybridized carbons (Fsp3) is 0.235. The fourth-order valence-electron chi connectivity index (χ4n) is 2.56. The molecule has 1 amide bonds. The second-order valence-electron chi connectivity index (χ2n) is 5.43. The van der Waals surface area contributed by atoms with Crippen LogP contribution in [0.25, 0.3) is 0 Å². The van der Waals surface area contributed by atoms with E-state index in [-0.39, 0.29) is 0 Å². The number of nitrogens with two attached hydrogens (primary N) is 2. The lowest BCUT2D eigenvalue weighted by Crippen LogP contribution is -2.52. The topological polar surface area (TPSA) is 69.1 Å². The van der Waals surface area contributed by atoms with Gasteiger partial charge in [-0.15, -0.1) is 0 Å². The fourth-order valence-corrected chi connectivity index (χ4v) is 2.76. The van der Waals surface area contributed by atoms with Crippen LogP contribution in [-0.2, 0) is 16.6 Å². The first-order chi connectivity index (χ1) is 9.95. The molecule has 2 aromatic rings. The molecule has 0 aliphatic carbocycles. The summed E-state index contributed by atoms with van der Waals surface area (Å²) >= 11 is 6.25. The molecule has 2 atom stereocenters. The van der Waals surface area contributed by atoms with E-state index in [0.29, 0.717) is 11.4 Å². The van der Waals surface area contributed by atoms with Crippen molar-refractivity contribution >= 4 is 17.5 Å². The molecule has 0 aromatic heterocycles. The molecular weight excluding hydrogens is 284 g/mol. The van der Waals surface area contributed by atoms with E-state index in [0.717, 1.165) is 11.1 Å². The number of benzene rings is 2. The van der Waals surface area contributed by atoms with Crippen LogP contribution in [0.5, 0.6) is 0 Å². The summed E-state index contributed by atoms with van der Waals surface area (Å²) in [5.41, 5.74) is 12.9. The number of carbonyl (C=O) groups excluding carboxylic acids is 1. The Hall–Kier alpha value is -1.84. The number of hydrogen-bond acceptors (Lipinski definition) is 2. The van der Waals surface area contributed by atoms with Gasteiger partial charge in [-0.3, -0.25) is 4.79 Å². The molecule has 2 unspecified atom stereocenters. The lowest BCUT2D eigenvalue weighted by atomic mass is 9.71. The highest BCUT2D eigenvalue weighted by molar-refractivity contribution is 6.31. The van der Waals surface area contributed by atoms with Crippen LogP contribution in [-0.4, -0.2) is 11.9 Å². The van der Waals surface area contributed by atoms with Crippen molar-refractivity contribution in [1.29, 1.82) is 0 Å². The van der Waals surface area contributed by atoms with Crippen molar-refractivity contribution in [1.82, 2.24) is 0 Å². The van der Waals surface area contributed by atoms with E-state index < -0.39 is 17.4 Å². The largest absolute Gasteiger partial charge is 0.368 e. The minimum atomic E-state index is -0.795. The van der Waals surface area contributed by atoms with Gasteiger partial charge in [0.15, 0.2) is 0 Å². The SMILES string of the molecule is CC(Cc1ccccc1Cl)(c1ccccc1)C(N)C(N)=O. The van der Waals surface area contributed by atoms with Gasteiger partial charge < -0.3 is 11.5 Å². The number of rotatable bonds is 5. The molecule has 3 nitrogen and oxygen atoms in total. The molecule has 4 heteroatoms. The summed E-state index contributed by atoms with van der Waals surface area (Å²) in [4.78, 5) is 11.7. The van der Waals surface area contributed by atoms with Crippen molar-refractivity contribution in [3.05, 3.63) is 70.7 Å². The Labute approximate surface area is 129 Å². The van der Waals surface area contributed by atoms with Crippen LogP contribution in [0.2, 0.25) is 5.02 Å². The zero-order valence-corrected chi connectivity index (χ0v) is 12.7. The standard InChI is InChI=1S/C17H19ClN2O/c1-17(15(19)16(20)21,13-8-3-2-4-9-13)11-12-7-5-6-10-14(12)18/h2-10,15H,11,19H2,1H3,(H2,20,21). The number of carbonyl (C=O) groups is 1. The third-order valence-electron chi connectivity index (χ3n) is 3.94. The van der Waals surface area contributed by atoms with Gasteiger partial charge in [0.05, 0.1) is 6.04 Å². The summed E-state index contributed by atoms with van der Waals surface area (Å²) in [5, 5.41) is 0.663. The number of hydrogen-bond donors (Lipinski definition) is 2. The van der Waals surface area contributed by atoms with Gasteiger partial charge >= 0.3 is 0 Å². The first-order valence-corrected chi connectivity index (χ1v) is 7.17. The quantitative estimate of drug-likeness (QED) is 0.891. The highest BCUT2D eigenvalue weighted by atomic mass is 35.5. The molecule has 4 N–H and O–H groups in total. The van der Waals surface area contributed by atoms with Crippen LogP contribution in [0.4, 0.5) is 0 Å². The maximum absolute atomic E-state index is 11.7. The summed E-state index contributed by atoms with van der Waals surface area (Å²) in [7, 11) is 0. The zero-order valence-electron chi connectivity index (χ0n) is 11.9. The van der Waals surface area contributed by atoms with Gasteiger partial charge in [0.1, 0.15) is 0 Å². The van der Waals surface area contributed by atoms with Crippen LogP contribution in [0, 0.1) is 0 Å². The maximum atomic E-state index is 11.7. The molecule has 0 bridgehead atoms. The van der Waals surface area contributed by atoms with Crippen LogP contribution < -0.4 is 11.5 Å². The van der Waals surface area contributed by atoms with Crippen molar-refractivity contribution in [2.45, 2.75) is 24.8 Å². The van der Waals surface area contributed by atoms with Gasteiger partial charge in [-0.2, -0.15) is 0 Å². The Morgan fingerprint density at radius 3 is 2.29 bits per heavy atom. The van der Waals surface area contributed by atoms with Crippen molar-refractivity contribution in [3.63, 3.8) is 0 Å². The molecule has 21 heavy (non-hydrogen) atoms. The third kappa shape index (κ3) is 3.26. The Balaban J connectivity index is 2.47. The average Bonchev–Trinajstić information content (AvgIpc) is 2.49. The highest BCUT2D eigenvalue weighted by Gasteiger charge is 2.37. The monoisotopic (exact) mass is 302 g/mol. The van der Waals surface area contributed by atoms with Crippen LogP contribution in [0.3, 0.4) is 0 Å². The Morgan fingerprint density at radius 2 is 1.71 bits per heavy atom. The first kappa shape index (κ1) is 15.5. The summed E-state index contributed by atoms with van der Waals surface area (Å²) in [6.07, 6.45) is 0.542. The molecular formula is C17H19ClN2O. The lowest BCUT2D eigenvalue weighted by molar-refractivity contribution is -0.120. The summed E-state index contributed by atoms with van der Waals surface area (Å²) < 4.78 is 0. The first-order valence-electron chi connectivity index (χ1n) is 6.79. The second-order valence-corrected chi connectivity index (χ2v) is 5.84. The molecule has 0 spiro atoms. The van der Waals surface area contributed by atoms with E-state index in [1.165, 1.54) is 0 Å². The van der Waals surface area contributed by atoms with E-state index in [9.17, 15) is 4.79 Å². The molecule has 2 rings (SSSR count). The number of amides is 1. The maximum Gasteiger partial charge on any atom is 0.235 e. The van der Waals surface area contributed by atoms with Crippen molar-refractivity contribution < 1.29 is 4.79 Å². The summed E-state index contributed by atoms with van der Waals surface area (Å²) in [5.74, 6) is -0.520. The van der Waals surface area contributed by atoms with Crippen LogP contribution in [0.15, 0.2) is 54.6 Å². The molecule has 2 aromatic carbocycles. The molecule has 0 aliphatic heterocycles. The van der Waals surface area contributed by atoms with Gasteiger partial charge in [0, 0.05) is 10.4 Å². The minimum absolute atomic E-state index is 0.520. The predicted octanol–water partition coefficient (Wildman–Crippen LogP) is 2.65. The summed E-state index contributed by atoms with van der Waals surface area (Å²) in [6.45, 7) is 1.95. The second kappa shape index (κ2) is 6.29. The van der Waals surface area contributed by atoms with E-state index in [1.54, 1.807) is 0 Å². The highest BCUT2D eigenvalue weighted by Crippen LogP contribution is 2.33. The van der Waals surface area contributed by atoms with Crippen molar-refractivity contribution in [2.75, 3.05) is 0 Å². The van der Waals surface area contributed by atoms with Crippen molar-refractivity contribution in [2.24, 2.45) is 11.5 Å². The van der Waals surface area contributed by atoms with Gasteiger partial charge in [-0.25, -0.2) is 0 Å². The molecule has 0 fully saturated rings. The molecule has 110 valence electrons. The lowest BCUT2D eigenvalue weighted by Gasteiger charge is -2.35. The number of halogens is 1. The Bertz CT molecular complexity index is 630. The van der Waals surface area contributed by atoms with Gasteiger partial charge in [-0.05, 0) is 23.6 Å². The van der Waals surface area contributed by atoms with Crippen LogP contribution in [0.1, 0.15) is 18.1 Å². The van der Waals surface area contributed by atoms with Crippen LogP contribution >= 0.6 is 11.6 Å². The number of primary amides is 1. The van der Waals surface area contributed by atoms with E-state index in [1.807, 2.05) is 61.5 Å². The Kier molecular flexibility index (Phi) is 4.66. The predicted molar refractivity (Wildman–Crippen MR) is 86.1 cm³/mol. The van der Waals surface area contributed by atoms with Gasteiger partial charge in [0.2, 0.25) is 5.91 Å².